The van der Waals surface area contributed by atoms with Crippen LogP contribution in [0.2, 0.25) is 0 Å². The van der Waals surface area contributed by atoms with Gasteiger partial charge in [0, 0.05) is 38.6 Å². The number of likely N-dealkylation sites (N-methyl/N-ethyl adjacent to an activating group) is 1. The summed E-state index contributed by atoms with van der Waals surface area (Å²) in [7, 11) is 3.85. The number of ether oxygens (including phenoxy) is 1. The number of nitrogens with one attached hydrogen (secondary N) is 1. The van der Waals surface area contributed by atoms with E-state index in [1.54, 1.807) is 7.11 Å². The highest BCUT2D eigenvalue weighted by Gasteiger charge is 2.33. The van der Waals surface area contributed by atoms with Gasteiger partial charge in [-0.2, -0.15) is 0 Å². The Morgan fingerprint density at radius 2 is 1.84 bits per heavy atom. The van der Waals surface area contributed by atoms with Crippen LogP contribution in [0.15, 0.2) is 24.3 Å². The van der Waals surface area contributed by atoms with Crippen LogP contribution in [-0.2, 0) is 4.79 Å². The molecule has 1 saturated carbocycles. The topological polar surface area (TPSA) is 44.8 Å². The summed E-state index contributed by atoms with van der Waals surface area (Å²) < 4.78 is 5.28. The molecule has 3 rings (SSSR count). The molecule has 5 nitrogen and oxygen atoms in total. The lowest BCUT2D eigenvalue weighted by molar-refractivity contribution is -0.125. The molecule has 2 fully saturated rings. The van der Waals surface area contributed by atoms with Gasteiger partial charge >= 0.3 is 0 Å². The smallest absolute Gasteiger partial charge is 0.223 e. The molecule has 1 N–H and O–H groups in total. The van der Waals surface area contributed by atoms with Crippen molar-refractivity contribution in [1.82, 2.24) is 15.1 Å². The highest BCUT2D eigenvalue weighted by atomic mass is 16.5. The zero-order valence-electron chi connectivity index (χ0n) is 15.7. The second-order valence-corrected chi connectivity index (χ2v) is 7.50. The number of carbonyl (C=O) groups is 1. The Morgan fingerprint density at radius 3 is 2.40 bits per heavy atom. The number of carbonyl (C=O) groups excluding carboxylic acids is 1. The SMILES string of the molecule is COc1ccc(C(CNC(=O)C(C)C2CC2)N2CCN(C)CC2)cc1. The van der Waals surface area contributed by atoms with Gasteiger partial charge in [-0.25, -0.2) is 0 Å². The molecule has 1 aromatic rings. The number of amides is 1. The number of nitrogens with zero attached hydrogens (tertiary/aromatic N) is 2. The molecular weight excluding hydrogens is 314 g/mol. The first-order valence-electron chi connectivity index (χ1n) is 9.42. The molecule has 1 aliphatic heterocycles. The number of methoxy groups -OCH3 is 1. The average Bonchev–Trinajstić information content (AvgIpc) is 3.48. The second kappa shape index (κ2) is 8.19. The third-order valence-corrected chi connectivity index (χ3v) is 5.69. The fourth-order valence-electron chi connectivity index (χ4n) is 3.59. The Labute approximate surface area is 151 Å². The van der Waals surface area contributed by atoms with Crippen molar-refractivity contribution in [3.05, 3.63) is 29.8 Å². The molecular formula is C20H31N3O2. The molecule has 1 heterocycles. The van der Waals surface area contributed by atoms with Gasteiger partial charge in [0.25, 0.3) is 0 Å². The summed E-state index contributed by atoms with van der Waals surface area (Å²) >= 11 is 0. The maximum Gasteiger partial charge on any atom is 0.223 e. The molecule has 2 unspecified atom stereocenters. The molecule has 2 aliphatic rings. The van der Waals surface area contributed by atoms with E-state index in [2.05, 4.69) is 41.2 Å². The predicted molar refractivity (Wildman–Crippen MR) is 99.7 cm³/mol. The van der Waals surface area contributed by atoms with Crippen LogP contribution in [0.4, 0.5) is 0 Å². The van der Waals surface area contributed by atoms with Crippen molar-refractivity contribution < 1.29 is 9.53 Å². The maximum atomic E-state index is 12.4. The molecule has 2 atom stereocenters. The van der Waals surface area contributed by atoms with Crippen LogP contribution in [-0.4, -0.2) is 62.6 Å². The van der Waals surface area contributed by atoms with E-state index in [9.17, 15) is 4.79 Å². The first-order valence-corrected chi connectivity index (χ1v) is 9.42. The van der Waals surface area contributed by atoms with Gasteiger partial charge in [0.15, 0.2) is 0 Å². The number of hydrogen-bond acceptors (Lipinski definition) is 4. The Kier molecular flexibility index (Phi) is 5.97. The van der Waals surface area contributed by atoms with Gasteiger partial charge in [0.2, 0.25) is 5.91 Å². The van der Waals surface area contributed by atoms with E-state index in [0.717, 1.165) is 31.9 Å². The highest BCUT2D eigenvalue weighted by Crippen LogP contribution is 2.36. The monoisotopic (exact) mass is 345 g/mol. The third kappa shape index (κ3) is 4.73. The van der Waals surface area contributed by atoms with Gasteiger partial charge in [0.05, 0.1) is 13.2 Å². The predicted octanol–water partition coefficient (Wildman–Crippen LogP) is 2.15. The van der Waals surface area contributed by atoms with E-state index in [-0.39, 0.29) is 17.9 Å². The lowest BCUT2D eigenvalue weighted by Gasteiger charge is -2.38. The third-order valence-electron chi connectivity index (χ3n) is 5.69. The minimum atomic E-state index is 0.143. The number of benzene rings is 1. The Balaban J connectivity index is 1.67. The summed E-state index contributed by atoms with van der Waals surface area (Å²) in [4.78, 5) is 17.3. The molecule has 0 radical (unpaired) electrons. The van der Waals surface area contributed by atoms with Crippen molar-refractivity contribution >= 4 is 5.91 Å². The summed E-state index contributed by atoms with van der Waals surface area (Å²) in [6, 6.07) is 8.48. The van der Waals surface area contributed by atoms with Crippen LogP contribution in [0.3, 0.4) is 0 Å². The summed E-state index contributed by atoms with van der Waals surface area (Å²) in [5.41, 5.74) is 1.24. The van der Waals surface area contributed by atoms with E-state index >= 15 is 0 Å². The van der Waals surface area contributed by atoms with E-state index in [4.69, 9.17) is 4.74 Å². The van der Waals surface area contributed by atoms with Crippen LogP contribution >= 0.6 is 0 Å². The van der Waals surface area contributed by atoms with Gasteiger partial charge in [-0.3, -0.25) is 9.69 Å². The molecule has 1 saturated heterocycles. The van der Waals surface area contributed by atoms with Crippen molar-refractivity contribution in [2.75, 3.05) is 46.9 Å². The minimum Gasteiger partial charge on any atom is -0.497 e. The molecule has 138 valence electrons. The van der Waals surface area contributed by atoms with Crippen LogP contribution in [0, 0.1) is 11.8 Å². The molecule has 0 bridgehead atoms. The van der Waals surface area contributed by atoms with Gasteiger partial charge < -0.3 is 15.0 Å². The molecule has 1 amide bonds. The first-order chi connectivity index (χ1) is 12.1. The lowest BCUT2D eigenvalue weighted by Crippen LogP contribution is -2.48. The van der Waals surface area contributed by atoms with E-state index < -0.39 is 0 Å². The fraction of sp³-hybridized carbons (Fsp3) is 0.650. The highest BCUT2D eigenvalue weighted by molar-refractivity contribution is 5.78. The molecule has 1 aromatic carbocycles. The molecule has 0 aromatic heterocycles. The number of rotatable bonds is 7. The lowest BCUT2D eigenvalue weighted by atomic mass is 10.0. The van der Waals surface area contributed by atoms with E-state index in [1.165, 1.54) is 18.4 Å². The van der Waals surface area contributed by atoms with Crippen molar-refractivity contribution in [2.24, 2.45) is 11.8 Å². The van der Waals surface area contributed by atoms with Gasteiger partial charge in [-0.05, 0) is 43.5 Å². The Hall–Kier alpha value is -1.59. The summed E-state index contributed by atoms with van der Waals surface area (Å²) in [6.07, 6.45) is 2.41. The van der Waals surface area contributed by atoms with Crippen molar-refractivity contribution in [3.8, 4) is 5.75 Å². The number of hydrogen-bond donors (Lipinski definition) is 1. The average molecular weight is 345 g/mol. The molecule has 0 spiro atoms. The van der Waals surface area contributed by atoms with Crippen LogP contribution in [0.25, 0.3) is 0 Å². The van der Waals surface area contributed by atoms with Gasteiger partial charge in [-0.1, -0.05) is 19.1 Å². The minimum absolute atomic E-state index is 0.143. The Bertz CT molecular complexity index is 563. The normalized spacial score (nSPS) is 21.6. The summed E-state index contributed by atoms with van der Waals surface area (Å²) in [5, 5.41) is 3.21. The van der Waals surface area contributed by atoms with E-state index in [0.29, 0.717) is 12.5 Å². The standard InChI is InChI=1S/C20H31N3O2/c1-15(16-4-5-16)20(24)21-14-19(23-12-10-22(2)11-13-23)17-6-8-18(25-3)9-7-17/h6-9,15-16,19H,4-5,10-14H2,1-3H3,(H,21,24). The zero-order chi connectivity index (χ0) is 17.8. The summed E-state index contributed by atoms with van der Waals surface area (Å²) in [5.74, 6) is 1.81. The van der Waals surface area contributed by atoms with Crippen LogP contribution in [0.1, 0.15) is 31.4 Å². The second-order valence-electron chi connectivity index (χ2n) is 7.50. The summed E-state index contributed by atoms with van der Waals surface area (Å²) in [6.45, 7) is 6.93. The molecule has 25 heavy (non-hydrogen) atoms. The maximum absolute atomic E-state index is 12.4. The van der Waals surface area contributed by atoms with Crippen molar-refractivity contribution in [2.45, 2.75) is 25.8 Å². The van der Waals surface area contributed by atoms with Gasteiger partial charge in [-0.15, -0.1) is 0 Å². The van der Waals surface area contributed by atoms with Crippen LogP contribution in [0.5, 0.6) is 5.75 Å². The largest absolute Gasteiger partial charge is 0.497 e. The quantitative estimate of drug-likeness (QED) is 0.822. The zero-order valence-corrected chi connectivity index (χ0v) is 15.7. The number of piperazine rings is 1. The molecule has 1 aliphatic carbocycles. The first kappa shape index (κ1) is 18.2. The molecule has 5 heteroatoms. The van der Waals surface area contributed by atoms with Crippen LogP contribution < -0.4 is 10.1 Å². The Morgan fingerprint density at radius 1 is 1.20 bits per heavy atom. The van der Waals surface area contributed by atoms with Gasteiger partial charge in [0.1, 0.15) is 5.75 Å². The van der Waals surface area contributed by atoms with E-state index in [1.807, 2.05) is 12.1 Å². The van der Waals surface area contributed by atoms with Crippen molar-refractivity contribution in [1.29, 1.82) is 0 Å². The van der Waals surface area contributed by atoms with Crippen molar-refractivity contribution in [3.63, 3.8) is 0 Å². The fourth-order valence-corrected chi connectivity index (χ4v) is 3.59.